The van der Waals surface area contributed by atoms with E-state index in [1.165, 1.54) is 27.8 Å². The minimum Gasteiger partial charge on any atom is -0.377 e. The summed E-state index contributed by atoms with van der Waals surface area (Å²) >= 11 is 0. The molecule has 2 heteroatoms. The summed E-state index contributed by atoms with van der Waals surface area (Å²) in [5.74, 6) is 0. The molecule has 1 aromatic heterocycles. The molecule has 1 aliphatic rings. The van der Waals surface area contributed by atoms with Gasteiger partial charge in [-0.05, 0) is 36.1 Å². The Hall–Kier alpha value is -2.22. The fraction of sp³-hybridized carbons (Fsp3) is 0.176. The third-order valence-electron chi connectivity index (χ3n) is 4.00. The quantitative estimate of drug-likeness (QED) is 0.631. The Bertz CT molecular complexity index is 755. The molecule has 2 heterocycles. The molecule has 0 aliphatic carbocycles. The van der Waals surface area contributed by atoms with Crippen molar-refractivity contribution in [1.29, 1.82) is 0 Å². The average molecular weight is 248 g/mol. The van der Waals surface area contributed by atoms with E-state index in [4.69, 9.17) is 0 Å². The van der Waals surface area contributed by atoms with Gasteiger partial charge in [-0.15, -0.1) is 0 Å². The Morgan fingerprint density at radius 2 is 1.84 bits per heavy atom. The van der Waals surface area contributed by atoms with Crippen LogP contribution in [0.15, 0.2) is 54.6 Å². The van der Waals surface area contributed by atoms with Crippen LogP contribution in [-0.4, -0.2) is 4.57 Å². The molecule has 4 rings (SSSR count). The van der Waals surface area contributed by atoms with Crippen molar-refractivity contribution >= 4 is 16.6 Å². The van der Waals surface area contributed by atoms with Crippen molar-refractivity contribution in [1.82, 2.24) is 4.57 Å². The van der Waals surface area contributed by atoms with Crippen LogP contribution in [0.25, 0.3) is 10.9 Å². The molecule has 0 unspecified atom stereocenters. The third-order valence-corrected chi connectivity index (χ3v) is 4.00. The van der Waals surface area contributed by atoms with E-state index >= 15 is 0 Å². The van der Waals surface area contributed by atoms with Gasteiger partial charge in [0.2, 0.25) is 0 Å². The molecule has 0 fully saturated rings. The number of rotatable bonds is 0. The lowest BCUT2D eigenvalue weighted by Gasteiger charge is -2.13. The molecule has 3 aromatic rings. The van der Waals surface area contributed by atoms with E-state index in [2.05, 4.69) is 71.4 Å². The smallest absolute Gasteiger partial charge is 0.0637 e. The molecule has 1 N–H and O–H groups in total. The van der Waals surface area contributed by atoms with Gasteiger partial charge >= 0.3 is 0 Å². The van der Waals surface area contributed by atoms with Gasteiger partial charge in [0.15, 0.2) is 0 Å². The number of aromatic nitrogens is 1. The van der Waals surface area contributed by atoms with Gasteiger partial charge in [0.05, 0.1) is 6.04 Å². The van der Waals surface area contributed by atoms with Crippen molar-refractivity contribution < 1.29 is 0 Å². The number of anilines is 1. The first-order valence-corrected chi connectivity index (χ1v) is 6.75. The number of nitrogens with zero attached hydrogens (tertiary/aromatic N) is 1. The number of fused-ring (bicyclic) bond motifs is 4. The lowest BCUT2D eigenvalue weighted by molar-refractivity contribution is 0.743. The van der Waals surface area contributed by atoms with E-state index in [1.54, 1.807) is 0 Å². The summed E-state index contributed by atoms with van der Waals surface area (Å²) in [5, 5.41) is 4.94. The van der Waals surface area contributed by atoms with E-state index in [-0.39, 0.29) is 0 Å². The maximum atomic E-state index is 3.62. The van der Waals surface area contributed by atoms with Gasteiger partial charge in [-0.2, -0.15) is 0 Å². The average Bonchev–Trinajstić information content (AvgIpc) is 2.73. The van der Waals surface area contributed by atoms with Crippen molar-refractivity contribution in [2.24, 2.45) is 0 Å². The minimum atomic E-state index is 0.330. The van der Waals surface area contributed by atoms with E-state index in [9.17, 15) is 0 Å². The second-order valence-electron chi connectivity index (χ2n) is 5.24. The standard InChI is InChI=1S/C17H16N2/c1-12-17-10-13-6-3-5-9-16(13)19(17)11-14-7-2-4-8-15(14)18-12/h2-10,12,18H,11H2,1H3/t12-/m0/s1. The van der Waals surface area contributed by atoms with Crippen LogP contribution in [0.5, 0.6) is 0 Å². The molecule has 0 bridgehead atoms. The largest absolute Gasteiger partial charge is 0.377 e. The van der Waals surface area contributed by atoms with Crippen LogP contribution in [0.4, 0.5) is 5.69 Å². The van der Waals surface area contributed by atoms with Gasteiger partial charge in [-0.25, -0.2) is 0 Å². The lowest BCUT2D eigenvalue weighted by Crippen LogP contribution is -2.08. The minimum absolute atomic E-state index is 0.330. The topological polar surface area (TPSA) is 17.0 Å². The van der Waals surface area contributed by atoms with Crippen LogP contribution in [0.2, 0.25) is 0 Å². The third kappa shape index (κ3) is 1.56. The predicted octanol–water partition coefficient (Wildman–Crippen LogP) is 4.18. The van der Waals surface area contributed by atoms with Crippen molar-refractivity contribution in [3.8, 4) is 0 Å². The van der Waals surface area contributed by atoms with Gasteiger partial charge in [-0.1, -0.05) is 36.4 Å². The first-order chi connectivity index (χ1) is 9.33. The van der Waals surface area contributed by atoms with Crippen molar-refractivity contribution in [2.75, 3.05) is 5.32 Å². The zero-order chi connectivity index (χ0) is 12.8. The molecule has 1 aliphatic heterocycles. The van der Waals surface area contributed by atoms with Gasteiger partial charge in [0.25, 0.3) is 0 Å². The molecule has 2 nitrogen and oxygen atoms in total. The molecule has 19 heavy (non-hydrogen) atoms. The second-order valence-corrected chi connectivity index (χ2v) is 5.24. The Morgan fingerprint density at radius 1 is 1.05 bits per heavy atom. The maximum Gasteiger partial charge on any atom is 0.0637 e. The molecule has 2 aromatic carbocycles. The number of hydrogen-bond acceptors (Lipinski definition) is 1. The Morgan fingerprint density at radius 3 is 2.79 bits per heavy atom. The zero-order valence-electron chi connectivity index (χ0n) is 10.9. The first kappa shape index (κ1) is 10.7. The summed E-state index contributed by atoms with van der Waals surface area (Å²) in [6.45, 7) is 3.17. The molecule has 0 saturated heterocycles. The van der Waals surface area contributed by atoms with E-state index in [0.717, 1.165) is 6.54 Å². The van der Waals surface area contributed by atoms with E-state index in [1.807, 2.05) is 0 Å². The van der Waals surface area contributed by atoms with Crippen molar-refractivity contribution in [3.05, 3.63) is 65.9 Å². The molecule has 1 atom stereocenters. The van der Waals surface area contributed by atoms with E-state index in [0.29, 0.717) is 6.04 Å². The van der Waals surface area contributed by atoms with Crippen LogP contribution in [-0.2, 0) is 6.54 Å². The Labute approximate surface area is 112 Å². The van der Waals surface area contributed by atoms with Gasteiger partial charge in [0, 0.05) is 23.4 Å². The Kier molecular flexibility index (Phi) is 2.18. The SMILES string of the molecule is C[C@@H]1Nc2ccccc2Cn2c1cc1ccccc12. The van der Waals surface area contributed by atoms with Crippen LogP contribution in [0.3, 0.4) is 0 Å². The molecular formula is C17H16N2. The first-order valence-electron chi connectivity index (χ1n) is 6.75. The molecule has 0 saturated carbocycles. The highest BCUT2D eigenvalue weighted by Crippen LogP contribution is 2.32. The van der Waals surface area contributed by atoms with Crippen LogP contribution >= 0.6 is 0 Å². The van der Waals surface area contributed by atoms with Gasteiger partial charge in [0.1, 0.15) is 0 Å². The van der Waals surface area contributed by atoms with Crippen molar-refractivity contribution in [2.45, 2.75) is 19.5 Å². The number of benzene rings is 2. The van der Waals surface area contributed by atoms with Crippen molar-refractivity contribution in [3.63, 3.8) is 0 Å². The highest BCUT2D eigenvalue weighted by atomic mass is 15.1. The summed E-state index contributed by atoms with van der Waals surface area (Å²) in [6, 6.07) is 19.8. The predicted molar refractivity (Wildman–Crippen MR) is 79.5 cm³/mol. The highest BCUT2D eigenvalue weighted by molar-refractivity contribution is 5.82. The normalized spacial score (nSPS) is 17.4. The van der Waals surface area contributed by atoms with Gasteiger partial charge in [-0.3, -0.25) is 0 Å². The van der Waals surface area contributed by atoms with Crippen LogP contribution in [0.1, 0.15) is 24.2 Å². The number of hydrogen-bond donors (Lipinski definition) is 1. The fourth-order valence-electron chi connectivity index (χ4n) is 3.04. The summed E-state index contributed by atoms with van der Waals surface area (Å²) in [4.78, 5) is 0. The molecule has 0 amide bonds. The lowest BCUT2D eigenvalue weighted by atomic mass is 10.1. The summed E-state index contributed by atoms with van der Waals surface area (Å²) in [6.07, 6.45) is 0. The molecule has 94 valence electrons. The van der Waals surface area contributed by atoms with E-state index < -0.39 is 0 Å². The van der Waals surface area contributed by atoms with Gasteiger partial charge < -0.3 is 9.88 Å². The summed E-state index contributed by atoms with van der Waals surface area (Å²) < 4.78 is 2.43. The summed E-state index contributed by atoms with van der Waals surface area (Å²) in [5.41, 5.74) is 5.29. The molecular weight excluding hydrogens is 232 g/mol. The number of para-hydroxylation sites is 2. The second kappa shape index (κ2) is 3.89. The summed E-state index contributed by atoms with van der Waals surface area (Å²) in [7, 11) is 0. The fourth-order valence-corrected chi connectivity index (χ4v) is 3.04. The zero-order valence-corrected chi connectivity index (χ0v) is 10.9. The van der Waals surface area contributed by atoms with Crippen LogP contribution < -0.4 is 5.32 Å². The highest BCUT2D eigenvalue weighted by Gasteiger charge is 2.19. The maximum absolute atomic E-state index is 3.62. The van der Waals surface area contributed by atoms with Crippen LogP contribution in [0, 0.1) is 0 Å². The Balaban J connectivity index is 1.99. The molecule has 0 radical (unpaired) electrons. The monoisotopic (exact) mass is 248 g/mol. The molecule has 0 spiro atoms. The number of nitrogens with one attached hydrogen (secondary N) is 1.